The van der Waals surface area contributed by atoms with Crippen LogP contribution in [0.3, 0.4) is 0 Å². The Kier molecular flexibility index (Phi) is 1.63. The van der Waals surface area contributed by atoms with Gasteiger partial charge in [-0.15, -0.1) is 0 Å². The average Bonchev–Trinajstić information content (AvgIpc) is 2.15. The maximum absolute atomic E-state index is 11.2. The van der Waals surface area contributed by atoms with E-state index in [0.29, 0.717) is 12.0 Å². The zero-order valence-corrected chi connectivity index (χ0v) is 7.28. The molecule has 2 rings (SSSR count). The topological polar surface area (TPSA) is 46.5 Å². The Balaban J connectivity index is 2.39. The molecule has 3 heteroatoms. The highest BCUT2D eigenvalue weighted by atomic mass is 16.5. The van der Waals surface area contributed by atoms with Crippen LogP contribution in [0.1, 0.15) is 11.1 Å². The number of aliphatic hydroxyl groups is 1. The van der Waals surface area contributed by atoms with Gasteiger partial charge in [-0.05, 0) is 11.1 Å². The van der Waals surface area contributed by atoms with Crippen molar-refractivity contribution in [2.24, 2.45) is 0 Å². The number of hydrogen-bond acceptors (Lipinski definition) is 3. The molecule has 0 bridgehead atoms. The first-order valence-electron chi connectivity index (χ1n) is 4.07. The van der Waals surface area contributed by atoms with E-state index < -0.39 is 11.6 Å². The third-order valence-corrected chi connectivity index (χ3v) is 2.43. The van der Waals surface area contributed by atoms with E-state index in [0.717, 1.165) is 5.56 Å². The first-order chi connectivity index (χ1) is 6.18. The van der Waals surface area contributed by atoms with Crippen LogP contribution in [0, 0.1) is 0 Å². The summed E-state index contributed by atoms with van der Waals surface area (Å²) in [6.07, 6.45) is 0.357. The molecule has 1 aromatic carbocycles. The fourth-order valence-electron chi connectivity index (χ4n) is 1.69. The molecule has 0 fully saturated rings. The maximum Gasteiger partial charge on any atom is 0.342 e. The molecular formula is C10H10O3. The van der Waals surface area contributed by atoms with Gasteiger partial charge in [0.2, 0.25) is 0 Å². The summed E-state index contributed by atoms with van der Waals surface area (Å²) in [6, 6.07) is 7.32. The van der Waals surface area contributed by atoms with Crippen LogP contribution in [0.2, 0.25) is 0 Å². The number of esters is 1. The third kappa shape index (κ3) is 0.971. The highest BCUT2D eigenvalue weighted by Gasteiger charge is 2.48. The number of benzene rings is 1. The summed E-state index contributed by atoms with van der Waals surface area (Å²) < 4.78 is 4.53. The molecule has 0 saturated carbocycles. The summed E-state index contributed by atoms with van der Waals surface area (Å²) in [5.74, 6) is -0.578. The van der Waals surface area contributed by atoms with E-state index >= 15 is 0 Å². The zero-order valence-electron chi connectivity index (χ0n) is 7.28. The van der Waals surface area contributed by atoms with Crippen LogP contribution in [0.25, 0.3) is 0 Å². The molecular weight excluding hydrogens is 168 g/mol. The summed E-state index contributed by atoms with van der Waals surface area (Å²) in [4.78, 5) is 11.2. The molecule has 1 N–H and O–H groups in total. The average molecular weight is 178 g/mol. The van der Waals surface area contributed by atoms with Crippen molar-refractivity contribution < 1.29 is 14.6 Å². The lowest BCUT2D eigenvalue weighted by atomic mass is 9.73. The summed E-state index contributed by atoms with van der Waals surface area (Å²) >= 11 is 0. The number of carbonyl (C=O) groups is 1. The van der Waals surface area contributed by atoms with Crippen molar-refractivity contribution in [3.63, 3.8) is 0 Å². The first kappa shape index (κ1) is 8.26. The van der Waals surface area contributed by atoms with Crippen molar-refractivity contribution >= 4 is 5.97 Å². The standard InChI is InChI=1S/C10H10O3/c1-13-9(11)10(12)6-7-4-2-3-5-8(7)10/h2-5,12H,6H2,1H3. The van der Waals surface area contributed by atoms with Crippen molar-refractivity contribution in [2.45, 2.75) is 12.0 Å². The van der Waals surface area contributed by atoms with Crippen molar-refractivity contribution in [2.75, 3.05) is 7.11 Å². The molecule has 68 valence electrons. The van der Waals surface area contributed by atoms with Gasteiger partial charge in [0.05, 0.1) is 7.11 Å². The molecule has 1 aliphatic rings. The summed E-state index contributed by atoms with van der Waals surface area (Å²) in [7, 11) is 1.28. The highest BCUT2D eigenvalue weighted by Crippen LogP contribution is 2.39. The van der Waals surface area contributed by atoms with Gasteiger partial charge in [-0.2, -0.15) is 0 Å². The highest BCUT2D eigenvalue weighted by molar-refractivity contribution is 5.84. The fourth-order valence-corrected chi connectivity index (χ4v) is 1.69. The summed E-state index contributed by atoms with van der Waals surface area (Å²) in [6.45, 7) is 0. The molecule has 1 atom stereocenters. The molecule has 0 heterocycles. The number of carbonyl (C=O) groups excluding carboxylic acids is 1. The predicted octanol–water partition coefficient (Wildman–Crippen LogP) is 0.603. The second kappa shape index (κ2) is 2.57. The predicted molar refractivity (Wildman–Crippen MR) is 46.1 cm³/mol. The number of ether oxygens (including phenoxy) is 1. The normalized spacial score (nSPS) is 24.5. The lowest BCUT2D eigenvalue weighted by Crippen LogP contribution is -2.46. The minimum absolute atomic E-state index is 0.357. The van der Waals surface area contributed by atoms with Gasteiger partial charge in [0, 0.05) is 6.42 Å². The molecule has 0 aromatic heterocycles. The third-order valence-electron chi connectivity index (χ3n) is 2.43. The molecule has 0 radical (unpaired) electrons. The monoisotopic (exact) mass is 178 g/mol. The van der Waals surface area contributed by atoms with E-state index in [9.17, 15) is 9.90 Å². The summed E-state index contributed by atoms with van der Waals surface area (Å²) in [5.41, 5.74) is 0.281. The Hall–Kier alpha value is -1.35. The van der Waals surface area contributed by atoms with E-state index in [1.54, 1.807) is 12.1 Å². The van der Waals surface area contributed by atoms with E-state index in [1.165, 1.54) is 7.11 Å². The first-order valence-corrected chi connectivity index (χ1v) is 4.07. The van der Waals surface area contributed by atoms with Crippen LogP contribution in [0.5, 0.6) is 0 Å². The number of fused-ring (bicyclic) bond motifs is 1. The minimum atomic E-state index is -1.40. The molecule has 3 nitrogen and oxygen atoms in total. The minimum Gasteiger partial charge on any atom is -0.467 e. The van der Waals surface area contributed by atoms with Crippen molar-refractivity contribution in [3.05, 3.63) is 35.4 Å². The molecule has 0 saturated heterocycles. The van der Waals surface area contributed by atoms with Gasteiger partial charge in [0.15, 0.2) is 5.60 Å². The Labute approximate surface area is 76.0 Å². The molecule has 0 aliphatic heterocycles. The largest absolute Gasteiger partial charge is 0.467 e. The van der Waals surface area contributed by atoms with Crippen LogP contribution in [-0.2, 0) is 21.6 Å². The molecule has 0 spiro atoms. The second-order valence-electron chi connectivity index (χ2n) is 3.19. The van der Waals surface area contributed by atoms with Gasteiger partial charge in [0.1, 0.15) is 0 Å². The molecule has 1 aromatic rings. The smallest absolute Gasteiger partial charge is 0.342 e. The van der Waals surface area contributed by atoms with Crippen LogP contribution in [0.15, 0.2) is 24.3 Å². The van der Waals surface area contributed by atoms with E-state index in [-0.39, 0.29) is 0 Å². The molecule has 1 unspecified atom stereocenters. The Bertz CT molecular complexity index is 359. The van der Waals surface area contributed by atoms with E-state index in [1.807, 2.05) is 12.1 Å². The summed E-state index contributed by atoms with van der Waals surface area (Å²) in [5, 5.41) is 9.86. The zero-order chi connectivity index (χ0) is 9.47. The van der Waals surface area contributed by atoms with Crippen molar-refractivity contribution in [1.82, 2.24) is 0 Å². The number of hydrogen-bond donors (Lipinski definition) is 1. The van der Waals surface area contributed by atoms with Crippen molar-refractivity contribution in [3.8, 4) is 0 Å². The molecule has 0 amide bonds. The van der Waals surface area contributed by atoms with Crippen LogP contribution in [-0.4, -0.2) is 18.2 Å². The molecule has 13 heavy (non-hydrogen) atoms. The van der Waals surface area contributed by atoms with Gasteiger partial charge in [-0.3, -0.25) is 0 Å². The molecule has 1 aliphatic carbocycles. The lowest BCUT2D eigenvalue weighted by Gasteiger charge is -2.36. The van der Waals surface area contributed by atoms with Gasteiger partial charge >= 0.3 is 5.97 Å². The van der Waals surface area contributed by atoms with Gasteiger partial charge in [0.25, 0.3) is 0 Å². The Morgan fingerprint density at radius 3 is 2.85 bits per heavy atom. The van der Waals surface area contributed by atoms with E-state index in [2.05, 4.69) is 4.74 Å². The van der Waals surface area contributed by atoms with Crippen molar-refractivity contribution in [1.29, 1.82) is 0 Å². The number of methoxy groups -OCH3 is 1. The maximum atomic E-state index is 11.2. The van der Waals surface area contributed by atoms with E-state index in [4.69, 9.17) is 0 Å². The van der Waals surface area contributed by atoms with Gasteiger partial charge < -0.3 is 9.84 Å². The van der Waals surface area contributed by atoms with Gasteiger partial charge in [-0.1, -0.05) is 24.3 Å². The Morgan fingerprint density at radius 2 is 2.23 bits per heavy atom. The van der Waals surface area contributed by atoms with Crippen LogP contribution in [0.4, 0.5) is 0 Å². The fraction of sp³-hybridized carbons (Fsp3) is 0.300. The number of rotatable bonds is 1. The SMILES string of the molecule is COC(=O)C1(O)Cc2ccccc21. The van der Waals surface area contributed by atoms with Crippen LogP contribution < -0.4 is 0 Å². The Morgan fingerprint density at radius 1 is 1.54 bits per heavy atom. The second-order valence-corrected chi connectivity index (χ2v) is 3.19. The quantitative estimate of drug-likeness (QED) is 0.641. The van der Waals surface area contributed by atoms with Gasteiger partial charge in [-0.25, -0.2) is 4.79 Å². The van der Waals surface area contributed by atoms with Crippen LogP contribution >= 0.6 is 0 Å². The lowest BCUT2D eigenvalue weighted by molar-refractivity contribution is -0.166.